The SMILES string of the molecule is COc1nc(-c2cccc(-c3cccc(-c4cc5c(=O)n(C)c(C=O)nn5c4)c3Cl)c2Cl)ccc1CNCC1CCC(=O)N1. The first-order valence-electron chi connectivity index (χ1n) is 14.0. The largest absolute Gasteiger partial charge is 0.481 e. The van der Waals surface area contributed by atoms with Crippen LogP contribution in [-0.2, 0) is 18.4 Å². The lowest BCUT2D eigenvalue weighted by molar-refractivity contribution is -0.119. The number of amides is 1. The highest BCUT2D eigenvalue weighted by Crippen LogP contribution is 2.42. The first kappa shape index (κ1) is 29.6. The zero-order valence-electron chi connectivity index (χ0n) is 23.9. The van der Waals surface area contributed by atoms with E-state index in [0.717, 1.165) is 12.0 Å². The predicted octanol–water partition coefficient (Wildman–Crippen LogP) is 4.93. The van der Waals surface area contributed by atoms with Gasteiger partial charge in [0.2, 0.25) is 11.8 Å². The molecule has 5 aromatic rings. The minimum absolute atomic E-state index is 0.0155. The van der Waals surface area contributed by atoms with E-state index in [2.05, 4.69) is 15.7 Å². The first-order chi connectivity index (χ1) is 21.3. The van der Waals surface area contributed by atoms with E-state index >= 15 is 0 Å². The van der Waals surface area contributed by atoms with E-state index in [1.54, 1.807) is 19.4 Å². The third-order valence-corrected chi connectivity index (χ3v) is 8.60. The Bertz CT molecular complexity index is 1990. The summed E-state index contributed by atoms with van der Waals surface area (Å²) in [4.78, 5) is 40.4. The standard InChI is InChI=1S/C32H28Cl2N6O4/c1-39-27(17-41)38-40-16-19(13-26(40)32(39)43)21-5-3-6-22(29(21)33)23-7-4-8-24(30(23)34)25-11-9-18(31(37-25)44-2)14-35-15-20-10-12-28(42)36-20/h3-9,11,13,16-17,20,35H,10,12,14-15H2,1-2H3,(H,36,42). The molecule has 1 aliphatic heterocycles. The summed E-state index contributed by atoms with van der Waals surface area (Å²) >= 11 is 14.0. The quantitative estimate of drug-likeness (QED) is 0.222. The van der Waals surface area contributed by atoms with E-state index in [1.807, 2.05) is 48.5 Å². The summed E-state index contributed by atoms with van der Waals surface area (Å²) in [5.74, 6) is 0.580. The van der Waals surface area contributed by atoms with Crippen molar-refractivity contribution < 1.29 is 14.3 Å². The van der Waals surface area contributed by atoms with Gasteiger partial charge in [0.05, 0.1) is 22.8 Å². The summed E-state index contributed by atoms with van der Waals surface area (Å²) in [6, 6.07) is 16.9. The Labute approximate surface area is 262 Å². The van der Waals surface area contributed by atoms with E-state index in [4.69, 9.17) is 32.9 Å². The van der Waals surface area contributed by atoms with Crippen LogP contribution in [0.4, 0.5) is 0 Å². The lowest BCUT2D eigenvalue weighted by Crippen LogP contribution is -2.35. The second-order valence-electron chi connectivity index (χ2n) is 10.5. The number of aldehydes is 1. The van der Waals surface area contributed by atoms with Crippen LogP contribution in [0.25, 0.3) is 39.0 Å². The lowest BCUT2D eigenvalue weighted by Gasteiger charge is -2.15. The summed E-state index contributed by atoms with van der Waals surface area (Å²) < 4.78 is 8.20. The number of aromatic nitrogens is 4. The Morgan fingerprint density at radius 2 is 1.75 bits per heavy atom. The molecule has 1 aliphatic rings. The molecule has 1 atom stereocenters. The van der Waals surface area contributed by atoms with Crippen molar-refractivity contribution in [1.29, 1.82) is 0 Å². The number of hydrogen-bond donors (Lipinski definition) is 2. The van der Waals surface area contributed by atoms with E-state index in [-0.39, 0.29) is 23.3 Å². The molecule has 44 heavy (non-hydrogen) atoms. The van der Waals surface area contributed by atoms with E-state index in [1.165, 1.54) is 16.1 Å². The Kier molecular flexibility index (Phi) is 8.22. The number of rotatable bonds is 9. The number of benzene rings is 2. The van der Waals surface area contributed by atoms with E-state index < -0.39 is 0 Å². The lowest BCUT2D eigenvalue weighted by atomic mass is 9.97. The predicted molar refractivity (Wildman–Crippen MR) is 169 cm³/mol. The average Bonchev–Trinajstić information content (AvgIpc) is 3.65. The van der Waals surface area contributed by atoms with Crippen LogP contribution in [0.15, 0.2) is 65.6 Å². The fraction of sp³-hybridized carbons (Fsp3) is 0.219. The van der Waals surface area contributed by atoms with Crippen molar-refractivity contribution in [2.45, 2.75) is 25.4 Å². The zero-order chi connectivity index (χ0) is 31.0. The highest BCUT2D eigenvalue weighted by Gasteiger charge is 2.21. The molecule has 1 amide bonds. The molecule has 2 N–H and O–H groups in total. The Morgan fingerprint density at radius 1 is 1.05 bits per heavy atom. The second-order valence-corrected chi connectivity index (χ2v) is 11.3. The number of hydrogen-bond acceptors (Lipinski definition) is 7. The van der Waals surface area contributed by atoms with Gasteiger partial charge >= 0.3 is 0 Å². The molecule has 4 heterocycles. The third kappa shape index (κ3) is 5.47. The van der Waals surface area contributed by atoms with E-state index in [0.29, 0.717) is 80.7 Å². The van der Waals surface area contributed by atoms with Gasteiger partial charge in [-0.25, -0.2) is 9.50 Å². The van der Waals surface area contributed by atoms with Crippen LogP contribution in [0.3, 0.4) is 0 Å². The molecule has 0 radical (unpaired) electrons. The Balaban J connectivity index is 1.31. The average molecular weight is 632 g/mol. The number of carbonyl (C=O) groups excluding carboxylic acids is 2. The topological polar surface area (TPSA) is 120 Å². The molecule has 0 spiro atoms. The molecule has 10 nitrogen and oxygen atoms in total. The molecule has 224 valence electrons. The zero-order valence-corrected chi connectivity index (χ0v) is 25.4. The molecule has 6 rings (SSSR count). The maximum absolute atomic E-state index is 12.8. The summed E-state index contributed by atoms with van der Waals surface area (Å²) in [5.41, 5.74) is 4.97. The number of ether oxygens (including phenoxy) is 1. The smallest absolute Gasteiger partial charge is 0.277 e. The summed E-state index contributed by atoms with van der Waals surface area (Å²) in [6.45, 7) is 1.20. The van der Waals surface area contributed by atoms with Crippen LogP contribution in [0.5, 0.6) is 5.88 Å². The van der Waals surface area contributed by atoms with Crippen molar-refractivity contribution in [1.82, 2.24) is 29.8 Å². The van der Waals surface area contributed by atoms with Crippen LogP contribution in [0.2, 0.25) is 10.0 Å². The summed E-state index contributed by atoms with van der Waals surface area (Å²) in [5, 5.41) is 11.5. The molecular weight excluding hydrogens is 603 g/mol. The van der Waals surface area contributed by atoms with Crippen LogP contribution < -0.4 is 20.9 Å². The van der Waals surface area contributed by atoms with Gasteiger partial charge in [0.15, 0.2) is 12.1 Å². The molecule has 0 bridgehead atoms. The number of fused-ring (bicyclic) bond motifs is 1. The van der Waals surface area contributed by atoms with Crippen molar-refractivity contribution in [3.63, 3.8) is 0 Å². The molecule has 0 saturated carbocycles. The molecule has 2 aromatic carbocycles. The van der Waals surface area contributed by atoms with Gasteiger partial charge in [-0.3, -0.25) is 19.0 Å². The first-order valence-corrected chi connectivity index (χ1v) is 14.7. The number of nitrogens with zero attached hydrogens (tertiary/aromatic N) is 4. The normalized spacial score (nSPS) is 14.6. The third-order valence-electron chi connectivity index (χ3n) is 7.78. The highest BCUT2D eigenvalue weighted by molar-refractivity contribution is 6.39. The van der Waals surface area contributed by atoms with E-state index in [9.17, 15) is 14.4 Å². The molecular formula is C32H28Cl2N6O4. The number of methoxy groups -OCH3 is 1. The molecule has 1 unspecified atom stereocenters. The van der Waals surface area contributed by atoms with Crippen molar-refractivity contribution in [3.05, 3.63) is 92.6 Å². The number of pyridine rings is 1. The van der Waals surface area contributed by atoms with Gasteiger partial charge in [0.25, 0.3) is 5.56 Å². The molecule has 1 fully saturated rings. The van der Waals surface area contributed by atoms with Crippen molar-refractivity contribution in [2.24, 2.45) is 7.05 Å². The van der Waals surface area contributed by atoms with Crippen LogP contribution in [0.1, 0.15) is 29.0 Å². The fourth-order valence-electron chi connectivity index (χ4n) is 5.44. The highest BCUT2D eigenvalue weighted by atomic mass is 35.5. The van der Waals surface area contributed by atoms with Gasteiger partial charge in [-0.15, -0.1) is 5.10 Å². The fourth-order valence-corrected chi connectivity index (χ4v) is 6.10. The summed E-state index contributed by atoms with van der Waals surface area (Å²) in [7, 11) is 3.08. The van der Waals surface area contributed by atoms with Gasteiger partial charge in [-0.2, -0.15) is 0 Å². The molecule has 3 aromatic heterocycles. The summed E-state index contributed by atoms with van der Waals surface area (Å²) in [6.07, 6.45) is 3.59. The van der Waals surface area contributed by atoms with Crippen LogP contribution in [0, 0.1) is 0 Å². The van der Waals surface area contributed by atoms with Gasteiger partial charge in [-0.1, -0.05) is 65.7 Å². The van der Waals surface area contributed by atoms with Crippen molar-refractivity contribution >= 4 is 40.9 Å². The van der Waals surface area contributed by atoms with Crippen molar-refractivity contribution in [2.75, 3.05) is 13.7 Å². The molecule has 1 saturated heterocycles. The van der Waals surface area contributed by atoms with Gasteiger partial charge < -0.3 is 15.4 Å². The molecule has 12 heteroatoms. The maximum Gasteiger partial charge on any atom is 0.277 e. The van der Waals surface area contributed by atoms with Crippen molar-refractivity contribution in [3.8, 4) is 39.4 Å². The number of nitrogens with one attached hydrogen (secondary N) is 2. The number of halogens is 2. The minimum atomic E-state index is -0.344. The maximum atomic E-state index is 12.8. The molecule has 0 aliphatic carbocycles. The monoisotopic (exact) mass is 630 g/mol. The van der Waals surface area contributed by atoms with Crippen LogP contribution >= 0.6 is 23.2 Å². The Morgan fingerprint density at radius 3 is 2.43 bits per heavy atom. The van der Waals surface area contributed by atoms with Gasteiger partial charge in [0, 0.05) is 72.2 Å². The van der Waals surface area contributed by atoms with Gasteiger partial charge in [0.1, 0.15) is 5.52 Å². The minimum Gasteiger partial charge on any atom is -0.481 e. The number of carbonyl (C=O) groups is 2. The van der Waals surface area contributed by atoms with Crippen LogP contribution in [-0.4, -0.2) is 51.1 Å². The Hall–Kier alpha value is -4.51. The van der Waals surface area contributed by atoms with Gasteiger partial charge in [-0.05, 0) is 18.6 Å². The second kappa shape index (κ2) is 12.2.